The van der Waals surface area contributed by atoms with Gasteiger partial charge in [0.1, 0.15) is 25.3 Å². The summed E-state index contributed by atoms with van der Waals surface area (Å²) in [6.45, 7) is 8.44. The van der Waals surface area contributed by atoms with Gasteiger partial charge < -0.3 is 41.0 Å². The number of carbonyl (C=O) groups is 4. The molecule has 6 N–H and O–H groups in total. The molecule has 0 fully saturated rings. The molecule has 12 nitrogen and oxygen atoms in total. The smallest absolute Gasteiger partial charge is 0.408 e. The summed E-state index contributed by atoms with van der Waals surface area (Å²) >= 11 is 0. The molecular weight excluding hydrogens is 737 g/mol. The van der Waals surface area contributed by atoms with Gasteiger partial charge >= 0.3 is 12.2 Å². The van der Waals surface area contributed by atoms with Gasteiger partial charge in [0.2, 0.25) is 11.8 Å². The lowest BCUT2D eigenvalue weighted by Gasteiger charge is -2.38. The first kappa shape index (κ1) is 45.0. The standard InChI is InChI=1S/C46H58N4O8/c1-31(2)39(49-44(55)57-29-34-22-14-8-15-23-34)42(53)48-38(27-33-20-12-7-13-21-33)40(52)36(28-51)37(26-32-18-10-6-11-19-32)47-43(54)41(46(3,4)5)50-45(56)58-30-35-24-16-9-17-25-35/h6-25,31,36-41,51-52H,26-30H2,1-5H3,(H,47,54)(H,48,53)(H,49,55)(H,50,56)/t36-,37-,38-,39-,40+,41?/m0/s1. The Bertz CT molecular complexity index is 1860. The number of carbonyl (C=O) groups excluding carboxylic acids is 4. The van der Waals surface area contributed by atoms with Gasteiger partial charge in [0.15, 0.2) is 0 Å². The highest BCUT2D eigenvalue weighted by Gasteiger charge is 2.40. The van der Waals surface area contributed by atoms with Crippen LogP contribution in [0, 0.1) is 17.3 Å². The predicted octanol–water partition coefficient (Wildman–Crippen LogP) is 5.70. The van der Waals surface area contributed by atoms with Crippen LogP contribution >= 0.6 is 0 Å². The molecule has 0 aromatic heterocycles. The molecule has 0 bridgehead atoms. The highest BCUT2D eigenvalue weighted by molar-refractivity contribution is 5.87. The van der Waals surface area contributed by atoms with Crippen LogP contribution in [-0.2, 0) is 45.1 Å². The Balaban J connectivity index is 1.58. The summed E-state index contributed by atoms with van der Waals surface area (Å²) in [4.78, 5) is 54.2. The number of amides is 4. The van der Waals surface area contributed by atoms with Crippen molar-refractivity contribution in [1.29, 1.82) is 0 Å². The van der Waals surface area contributed by atoms with Crippen LogP contribution in [0.25, 0.3) is 0 Å². The fraction of sp³-hybridized carbons (Fsp3) is 0.391. The van der Waals surface area contributed by atoms with E-state index in [-0.39, 0.29) is 32.0 Å². The first-order chi connectivity index (χ1) is 27.7. The van der Waals surface area contributed by atoms with E-state index in [4.69, 9.17) is 9.47 Å². The molecule has 4 aromatic carbocycles. The first-order valence-electron chi connectivity index (χ1n) is 19.7. The molecule has 1 unspecified atom stereocenters. The lowest BCUT2D eigenvalue weighted by Crippen LogP contribution is -2.61. The normalized spacial score (nSPS) is 14.5. The Morgan fingerprint density at radius 2 is 0.966 bits per heavy atom. The number of alkyl carbamates (subject to hydrolysis) is 2. The number of hydrogen-bond acceptors (Lipinski definition) is 8. The van der Waals surface area contributed by atoms with Crippen molar-refractivity contribution in [3.8, 4) is 0 Å². The number of hydrogen-bond donors (Lipinski definition) is 6. The fourth-order valence-electron chi connectivity index (χ4n) is 6.60. The van der Waals surface area contributed by atoms with Crippen molar-refractivity contribution in [2.24, 2.45) is 17.3 Å². The van der Waals surface area contributed by atoms with E-state index in [1.165, 1.54) is 0 Å². The zero-order chi connectivity index (χ0) is 42.1. The fourth-order valence-corrected chi connectivity index (χ4v) is 6.60. The highest BCUT2D eigenvalue weighted by Crippen LogP contribution is 2.24. The van der Waals surface area contributed by atoms with Crippen molar-refractivity contribution in [2.45, 2.75) is 90.9 Å². The molecule has 12 heteroatoms. The molecule has 310 valence electrons. The van der Waals surface area contributed by atoms with Gasteiger partial charge in [-0.25, -0.2) is 9.59 Å². The van der Waals surface area contributed by atoms with Crippen LogP contribution in [0.4, 0.5) is 9.59 Å². The maximum Gasteiger partial charge on any atom is 0.408 e. The second-order valence-electron chi connectivity index (χ2n) is 15.9. The first-order valence-corrected chi connectivity index (χ1v) is 19.7. The third kappa shape index (κ3) is 14.3. The number of aliphatic hydroxyl groups excluding tert-OH is 2. The lowest BCUT2D eigenvalue weighted by molar-refractivity contribution is -0.129. The Kier molecular flexibility index (Phi) is 17.3. The Morgan fingerprint density at radius 1 is 0.569 bits per heavy atom. The molecule has 6 atom stereocenters. The molecule has 4 rings (SSSR count). The van der Waals surface area contributed by atoms with E-state index >= 15 is 0 Å². The molecule has 0 saturated carbocycles. The van der Waals surface area contributed by atoms with Gasteiger partial charge in [-0.2, -0.15) is 0 Å². The molecule has 0 heterocycles. The van der Waals surface area contributed by atoms with E-state index in [0.29, 0.717) is 0 Å². The minimum atomic E-state index is -1.40. The minimum Gasteiger partial charge on any atom is -0.445 e. The molecule has 0 aliphatic rings. The molecule has 0 aliphatic carbocycles. The second kappa shape index (κ2) is 22.3. The number of ether oxygens (including phenoxy) is 2. The monoisotopic (exact) mass is 794 g/mol. The van der Waals surface area contributed by atoms with Crippen LogP contribution < -0.4 is 21.3 Å². The maximum atomic E-state index is 14.2. The zero-order valence-electron chi connectivity index (χ0n) is 34.0. The summed E-state index contributed by atoms with van der Waals surface area (Å²) < 4.78 is 10.8. The number of benzene rings is 4. The Labute approximate surface area is 341 Å². The van der Waals surface area contributed by atoms with E-state index < -0.39 is 72.2 Å². The number of aliphatic hydroxyl groups is 2. The molecule has 0 saturated heterocycles. The van der Waals surface area contributed by atoms with E-state index in [1.807, 2.05) is 121 Å². The highest BCUT2D eigenvalue weighted by atomic mass is 16.6. The van der Waals surface area contributed by atoms with Gasteiger partial charge in [-0.15, -0.1) is 0 Å². The van der Waals surface area contributed by atoms with Crippen LogP contribution in [0.1, 0.15) is 56.9 Å². The zero-order valence-corrected chi connectivity index (χ0v) is 34.0. The van der Waals surface area contributed by atoms with Crippen molar-refractivity contribution >= 4 is 24.0 Å². The molecule has 0 radical (unpaired) electrons. The van der Waals surface area contributed by atoms with Crippen LogP contribution in [0.15, 0.2) is 121 Å². The molecule has 0 aliphatic heterocycles. The third-order valence-corrected chi connectivity index (χ3v) is 9.87. The summed E-state index contributed by atoms with van der Waals surface area (Å²) in [5, 5.41) is 34.6. The average Bonchev–Trinajstić information content (AvgIpc) is 3.21. The molecule has 0 spiro atoms. The van der Waals surface area contributed by atoms with Gasteiger partial charge in [0, 0.05) is 12.0 Å². The van der Waals surface area contributed by atoms with Gasteiger partial charge in [-0.05, 0) is 46.4 Å². The third-order valence-electron chi connectivity index (χ3n) is 9.87. The lowest BCUT2D eigenvalue weighted by atomic mass is 9.82. The Morgan fingerprint density at radius 3 is 1.38 bits per heavy atom. The molecule has 58 heavy (non-hydrogen) atoms. The minimum absolute atomic E-state index is 0.0111. The predicted molar refractivity (Wildman–Crippen MR) is 222 cm³/mol. The number of rotatable bonds is 19. The van der Waals surface area contributed by atoms with Crippen LogP contribution in [0.5, 0.6) is 0 Å². The summed E-state index contributed by atoms with van der Waals surface area (Å²) in [7, 11) is 0. The maximum absolute atomic E-state index is 14.2. The van der Waals surface area contributed by atoms with Gasteiger partial charge in [-0.1, -0.05) is 156 Å². The molecule has 4 aromatic rings. The SMILES string of the molecule is CC(C)[C@H](NC(=O)OCc1ccccc1)C(=O)N[C@@H](Cc1ccccc1)[C@H](O)[C@@H](CO)[C@H](Cc1ccccc1)NC(=O)C(NC(=O)OCc1ccccc1)C(C)(C)C. The van der Waals surface area contributed by atoms with Crippen molar-refractivity contribution in [1.82, 2.24) is 21.3 Å². The van der Waals surface area contributed by atoms with Crippen molar-refractivity contribution < 1.29 is 38.9 Å². The summed E-state index contributed by atoms with van der Waals surface area (Å²) in [5.41, 5.74) is 2.42. The van der Waals surface area contributed by atoms with E-state index in [0.717, 1.165) is 22.3 Å². The topological polar surface area (TPSA) is 175 Å². The van der Waals surface area contributed by atoms with E-state index in [1.54, 1.807) is 34.6 Å². The second-order valence-corrected chi connectivity index (χ2v) is 15.9. The molecular formula is C46H58N4O8. The van der Waals surface area contributed by atoms with Crippen LogP contribution in [-0.4, -0.2) is 71.1 Å². The largest absolute Gasteiger partial charge is 0.445 e. The van der Waals surface area contributed by atoms with Crippen LogP contribution in [0.2, 0.25) is 0 Å². The van der Waals surface area contributed by atoms with Crippen molar-refractivity contribution in [3.05, 3.63) is 144 Å². The van der Waals surface area contributed by atoms with Crippen LogP contribution in [0.3, 0.4) is 0 Å². The summed E-state index contributed by atoms with van der Waals surface area (Å²) in [6, 6.07) is 33.0. The Hall–Kier alpha value is -5.72. The van der Waals surface area contributed by atoms with E-state index in [2.05, 4.69) is 21.3 Å². The summed E-state index contributed by atoms with van der Waals surface area (Å²) in [5.74, 6) is -2.47. The van der Waals surface area contributed by atoms with E-state index in [9.17, 15) is 29.4 Å². The summed E-state index contributed by atoms with van der Waals surface area (Å²) in [6.07, 6.45) is -2.58. The molecule has 4 amide bonds. The van der Waals surface area contributed by atoms with Crippen molar-refractivity contribution in [2.75, 3.05) is 6.61 Å². The quantitative estimate of drug-likeness (QED) is 0.0701. The average molecular weight is 795 g/mol. The van der Waals surface area contributed by atoms with Gasteiger partial charge in [0.25, 0.3) is 0 Å². The van der Waals surface area contributed by atoms with Crippen molar-refractivity contribution in [3.63, 3.8) is 0 Å². The van der Waals surface area contributed by atoms with Gasteiger partial charge in [0.05, 0.1) is 18.8 Å². The van der Waals surface area contributed by atoms with Gasteiger partial charge in [-0.3, -0.25) is 9.59 Å². The number of nitrogens with one attached hydrogen (secondary N) is 4.